The highest BCUT2D eigenvalue weighted by atomic mass is 35.5. The molecule has 2 aromatic rings. The molecular weight excluding hydrogens is 323 g/mol. The first-order chi connectivity index (χ1) is 9.40. The predicted molar refractivity (Wildman–Crippen MR) is 77.4 cm³/mol. The van der Waals surface area contributed by atoms with E-state index in [0.717, 1.165) is 0 Å². The molecule has 0 fully saturated rings. The van der Waals surface area contributed by atoms with Crippen LogP contribution in [0, 0.1) is 0 Å². The van der Waals surface area contributed by atoms with Gasteiger partial charge in [-0.1, -0.05) is 29.3 Å². The number of anilines is 1. The van der Waals surface area contributed by atoms with Crippen molar-refractivity contribution in [2.45, 2.75) is 11.6 Å². The minimum absolute atomic E-state index is 0.161. The Morgan fingerprint density at radius 1 is 1.15 bits per heavy atom. The van der Waals surface area contributed by atoms with Crippen LogP contribution in [0.3, 0.4) is 0 Å². The van der Waals surface area contributed by atoms with Crippen molar-refractivity contribution >= 4 is 38.9 Å². The smallest absolute Gasteiger partial charge is 0.279 e. The van der Waals surface area contributed by atoms with Crippen LogP contribution < -0.4 is 4.72 Å². The maximum atomic E-state index is 12.1. The molecule has 8 heteroatoms. The summed E-state index contributed by atoms with van der Waals surface area (Å²) in [7, 11) is -3.83. The fraction of sp³-hybridized carbons (Fsp3) is 0.0833. The molecule has 106 valence electrons. The quantitative estimate of drug-likeness (QED) is 0.902. The Morgan fingerprint density at radius 3 is 2.30 bits per heavy atom. The number of aliphatic hydroxyl groups excluding tert-OH is 1. The number of hydrogen-bond donors (Lipinski definition) is 2. The molecule has 5 nitrogen and oxygen atoms in total. The van der Waals surface area contributed by atoms with E-state index in [4.69, 9.17) is 28.3 Å². The second-order valence-electron chi connectivity index (χ2n) is 3.93. The molecule has 0 atom stereocenters. The van der Waals surface area contributed by atoms with Crippen molar-refractivity contribution in [3.05, 3.63) is 52.1 Å². The van der Waals surface area contributed by atoms with E-state index in [1.54, 1.807) is 0 Å². The molecular formula is C12H10Cl2N2O3S. The average Bonchev–Trinajstić information content (AvgIpc) is 2.37. The van der Waals surface area contributed by atoms with Crippen molar-refractivity contribution in [2.75, 3.05) is 4.72 Å². The number of aromatic nitrogens is 1. The summed E-state index contributed by atoms with van der Waals surface area (Å²) in [6.45, 7) is -0.204. The van der Waals surface area contributed by atoms with Gasteiger partial charge in [0.1, 0.15) is 0 Å². The van der Waals surface area contributed by atoms with Gasteiger partial charge in [-0.05, 0) is 29.8 Å². The van der Waals surface area contributed by atoms with E-state index in [2.05, 4.69) is 9.71 Å². The minimum Gasteiger partial charge on any atom is -0.392 e. The second kappa shape index (κ2) is 5.97. The predicted octanol–water partition coefficient (Wildman–Crippen LogP) is 2.68. The summed E-state index contributed by atoms with van der Waals surface area (Å²) in [5, 5.41) is 9.37. The number of rotatable bonds is 4. The summed E-state index contributed by atoms with van der Waals surface area (Å²) >= 11 is 11.6. The van der Waals surface area contributed by atoms with Crippen LogP contribution in [0.1, 0.15) is 5.56 Å². The van der Waals surface area contributed by atoms with Gasteiger partial charge in [-0.15, -0.1) is 0 Å². The highest BCUT2D eigenvalue weighted by molar-refractivity contribution is 7.92. The van der Waals surface area contributed by atoms with Gasteiger partial charge in [0.15, 0.2) is 5.03 Å². The first-order valence-corrected chi connectivity index (χ1v) is 7.69. The standard InChI is InChI=1S/C12H10Cl2N2O3S/c13-9-3-10(14)5-11(4-9)16-20(18,19)12-2-1-8(7-17)6-15-12/h1-6,16-17H,7H2. The molecule has 0 saturated heterocycles. The zero-order valence-electron chi connectivity index (χ0n) is 10.0. The molecule has 2 rings (SSSR count). The molecule has 0 amide bonds. The Morgan fingerprint density at radius 2 is 1.80 bits per heavy atom. The van der Waals surface area contributed by atoms with Crippen LogP contribution in [0.15, 0.2) is 41.6 Å². The van der Waals surface area contributed by atoms with Crippen molar-refractivity contribution in [3.8, 4) is 0 Å². The van der Waals surface area contributed by atoms with Crippen LogP contribution in [0.4, 0.5) is 5.69 Å². The minimum atomic E-state index is -3.83. The molecule has 1 aromatic heterocycles. The van der Waals surface area contributed by atoms with Crippen molar-refractivity contribution < 1.29 is 13.5 Å². The number of nitrogens with one attached hydrogen (secondary N) is 1. The van der Waals surface area contributed by atoms with Crippen LogP contribution in [0.5, 0.6) is 0 Å². The molecule has 0 spiro atoms. The summed E-state index contributed by atoms with van der Waals surface area (Å²) < 4.78 is 26.5. The zero-order chi connectivity index (χ0) is 14.8. The van der Waals surface area contributed by atoms with Gasteiger partial charge in [0.05, 0.1) is 12.3 Å². The Bertz CT molecular complexity index is 698. The van der Waals surface area contributed by atoms with Crippen LogP contribution in [0.2, 0.25) is 10.0 Å². The third kappa shape index (κ3) is 3.61. The molecule has 0 aliphatic heterocycles. The number of nitrogens with zero attached hydrogens (tertiary/aromatic N) is 1. The largest absolute Gasteiger partial charge is 0.392 e. The highest BCUT2D eigenvalue weighted by Crippen LogP contribution is 2.24. The number of sulfonamides is 1. The molecule has 1 aromatic carbocycles. The monoisotopic (exact) mass is 332 g/mol. The Balaban J connectivity index is 2.30. The van der Waals surface area contributed by atoms with Crippen LogP contribution in [-0.4, -0.2) is 18.5 Å². The molecule has 0 saturated carbocycles. The van der Waals surface area contributed by atoms with Gasteiger partial charge in [-0.25, -0.2) is 4.98 Å². The van der Waals surface area contributed by atoms with Crippen molar-refractivity contribution in [2.24, 2.45) is 0 Å². The second-order valence-corrected chi connectivity index (χ2v) is 6.43. The molecule has 0 unspecified atom stereocenters. The van der Waals surface area contributed by atoms with E-state index >= 15 is 0 Å². The highest BCUT2D eigenvalue weighted by Gasteiger charge is 2.16. The molecule has 0 radical (unpaired) electrons. The Hall–Kier alpha value is -1.34. The van der Waals surface area contributed by atoms with Crippen LogP contribution in [-0.2, 0) is 16.6 Å². The van der Waals surface area contributed by atoms with Gasteiger partial charge in [0, 0.05) is 16.2 Å². The van der Waals surface area contributed by atoms with Gasteiger partial charge in [0.2, 0.25) is 0 Å². The van der Waals surface area contributed by atoms with E-state index in [0.29, 0.717) is 15.6 Å². The van der Waals surface area contributed by atoms with Crippen molar-refractivity contribution in [1.82, 2.24) is 4.98 Å². The van der Waals surface area contributed by atoms with E-state index in [1.165, 1.54) is 36.5 Å². The maximum absolute atomic E-state index is 12.1. The lowest BCUT2D eigenvalue weighted by Gasteiger charge is -2.08. The molecule has 0 aliphatic carbocycles. The number of benzene rings is 1. The lowest BCUT2D eigenvalue weighted by atomic mass is 10.3. The Kier molecular flexibility index (Phi) is 4.49. The lowest BCUT2D eigenvalue weighted by molar-refractivity contribution is 0.281. The molecule has 0 aliphatic rings. The first kappa shape index (κ1) is 15.1. The molecule has 0 bridgehead atoms. The maximum Gasteiger partial charge on any atom is 0.279 e. The average molecular weight is 333 g/mol. The number of hydrogen-bond acceptors (Lipinski definition) is 4. The zero-order valence-corrected chi connectivity index (χ0v) is 12.4. The van der Waals surface area contributed by atoms with E-state index < -0.39 is 10.0 Å². The Labute approximate surface area is 126 Å². The number of aliphatic hydroxyl groups is 1. The van der Waals surface area contributed by atoms with Crippen LogP contribution in [0.25, 0.3) is 0 Å². The van der Waals surface area contributed by atoms with E-state index in [-0.39, 0.29) is 17.3 Å². The molecule has 20 heavy (non-hydrogen) atoms. The van der Waals surface area contributed by atoms with Crippen molar-refractivity contribution in [3.63, 3.8) is 0 Å². The normalized spacial score (nSPS) is 11.3. The number of halogens is 2. The summed E-state index contributed by atoms with van der Waals surface area (Å²) in [6, 6.07) is 7.15. The summed E-state index contributed by atoms with van der Waals surface area (Å²) in [5.41, 5.74) is 0.769. The SMILES string of the molecule is O=S(=O)(Nc1cc(Cl)cc(Cl)c1)c1ccc(CO)cn1. The fourth-order valence-corrected chi connectivity index (χ4v) is 2.98. The molecule has 2 N–H and O–H groups in total. The summed E-state index contributed by atoms with van der Waals surface area (Å²) in [4.78, 5) is 3.79. The topological polar surface area (TPSA) is 79.3 Å². The van der Waals surface area contributed by atoms with Gasteiger partial charge < -0.3 is 5.11 Å². The number of pyridine rings is 1. The van der Waals surface area contributed by atoms with Gasteiger partial charge in [-0.3, -0.25) is 4.72 Å². The van der Waals surface area contributed by atoms with E-state index in [9.17, 15) is 8.42 Å². The van der Waals surface area contributed by atoms with E-state index in [1.807, 2.05) is 0 Å². The third-order valence-electron chi connectivity index (χ3n) is 2.37. The van der Waals surface area contributed by atoms with Gasteiger partial charge in [0.25, 0.3) is 10.0 Å². The lowest BCUT2D eigenvalue weighted by Crippen LogP contribution is -2.14. The first-order valence-electron chi connectivity index (χ1n) is 5.45. The van der Waals surface area contributed by atoms with Gasteiger partial charge >= 0.3 is 0 Å². The van der Waals surface area contributed by atoms with Crippen molar-refractivity contribution in [1.29, 1.82) is 0 Å². The van der Waals surface area contributed by atoms with Gasteiger partial charge in [-0.2, -0.15) is 8.42 Å². The fourth-order valence-electron chi connectivity index (χ4n) is 1.48. The summed E-state index contributed by atoms with van der Waals surface area (Å²) in [6.07, 6.45) is 1.29. The molecule has 1 heterocycles. The van der Waals surface area contributed by atoms with Crippen LogP contribution >= 0.6 is 23.2 Å². The summed E-state index contributed by atoms with van der Waals surface area (Å²) in [5.74, 6) is 0. The third-order valence-corrected chi connectivity index (χ3v) is 4.10.